The fourth-order valence-electron chi connectivity index (χ4n) is 1.39. The Bertz CT molecular complexity index is 496. The molecule has 4 heteroatoms. The van der Waals surface area contributed by atoms with Crippen molar-refractivity contribution in [3.05, 3.63) is 49.6 Å². The fraction of sp³-hybridized carbons (Fsp3) is 0.167. The maximum Gasteiger partial charge on any atom is 0.0931 e. The number of benzene rings is 1. The van der Waals surface area contributed by atoms with E-state index in [1.807, 2.05) is 12.1 Å². The molecule has 0 aliphatic rings. The Morgan fingerprint density at radius 2 is 2.12 bits per heavy atom. The zero-order chi connectivity index (χ0) is 11.5. The second kappa shape index (κ2) is 5.21. The maximum absolute atomic E-state index is 5.87. The Morgan fingerprint density at radius 3 is 2.75 bits per heavy atom. The van der Waals surface area contributed by atoms with Crippen molar-refractivity contribution in [1.29, 1.82) is 0 Å². The van der Waals surface area contributed by atoms with Crippen molar-refractivity contribution in [3.63, 3.8) is 0 Å². The lowest BCUT2D eigenvalue weighted by Gasteiger charge is -2.06. The van der Waals surface area contributed by atoms with Gasteiger partial charge in [-0.05, 0) is 42.8 Å². The number of halogens is 2. The Labute approximate surface area is 113 Å². The Morgan fingerprint density at radius 1 is 1.31 bits per heavy atom. The van der Waals surface area contributed by atoms with E-state index in [9.17, 15) is 0 Å². The van der Waals surface area contributed by atoms with Crippen LogP contribution < -0.4 is 5.32 Å². The molecule has 0 fully saturated rings. The molecule has 0 aliphatic carbocycles. The number of aryl methyl sites for hydroxylation is 1. The van der Waals surface area contributed by atoms with Crippen LogP contribution in [0.15, 0.2) is 34.8 Å². The van der Waals surface area contributed by atoms with E-state index in [1.54, 1.807) is 11.3 Å². The van der Waals surface area contributed by atoms with Crippen LogP contribution in [0.3, 0.4) is 0 Å². The van der Waals surface area contributed by atoms with E-state index in [0.717, 1.165) is 21.0 Å². The summed E-state index contributed by atoms with van der Waals surface area (Å²) in [6, 6.07) is 10.2. The minimum absolute atomic E-state index is 0.818. The van der Waals surface area contributed by atoms with Crippen LogP contribution in [-0.4, -0.2) is 0 Å². The van der Waals surface area contributed by atoms with Gasteiger partial charge >= 0.3 is 0 Å². The molecular weight excluding hydrogens is 306 g/mol. The highest BCUT2D eigenvalue weighted by Gasteiger charge is 1.99. The third-order valence-electron chi connectivity index (χ3n) is 2.25. The molecule has 0 unspecified atom stereocenters. The summed E-state index contributed by atoms with van der Waals surface area (Å²) in [4.78, 5) is 1.24. The molecule has 2 rings (SSSR count). The second-order valence-electron chi connectivity index (χ2n) is 3.52. The van der Waals surface area contributed by atoms with Crippen molar-refractivity contribution in [2.45, 2.75) is 13.5 Å². The van der Waals surface area contributed by atoms with Crippen molar-refractivity contribution in [1.82, 2.24) is 0 Å². The standard InChI is InChI=1S/C12H11BrClNS/c1-8-6-9(2-4-11(8)13)15-7-10-3-5-12(14)16-10/h2-6,15H,7H2,1H3. The Balaban J connectivity index is 2.02. The zero-order valence-corrected chi connectivity index (χ0v) is 11.9. The van der Waals surface area contributed by atoms with Gasteiger partial charge in [-0.15, -0.1) is 11.3 Å². The molecule has 0 saturated heterocycles. The summed E-state index contributed by atoms with van der Waals surface area (Å²) in [6.45, 7) is 2.90. The lowest BCUT2D eigenvalue weighted by molar-refractivity contribution is 1.19. The molecule has 0 spiro atoms. The molecular formula is C12H11BrClNS. The van der Waals surface area contributed by atoms with Crippen LogP contribution in [0.4, 0.5) is 5.69 Å². The smallest absolute Gasteiger partial charge is 0.0931 e. The highest BCUT2D eigenvalue weighted by Crippen LogP contribution is 2.24. The van der Waals surface area contributed by atoms with E-state index in [2.05, 4.69) is 46.4 Å². The molecule has 1 aromatic carbocycles. The largest absolute Gasteiger partial charge is 0.380 e. The van der Waals surface area contributed by atoms with Crippen LogP contribution in [0.2, 0.25) is 4.34 Å². The summed E-state index contributed by atoms with van der Waals surface area (Å²) >= 11 is 11.0. The molecule has 2 aromatic rings. The molecule has 1 nitrogen and oxygen atoms in total. The second-order valence-corrected chi connectivity index (χ2v) is 6.18. The van der Waals surface area contributed by atoms with Crippen LogP contribution in [0.1, 0.15) is 10.4 Å². The van der Waals surface area contributed by atoms with Gasteiger partial charge in [0, 0.05) is 21.6 Å². The van der Waals surface area contributed by atoms with Crippen molar-refractivity contribution >= 4 is 44.6 Å². The van der Waals surface area contributed by atoms with Gasteiger partial charge in [0.05, 0.1) is 4.34 Å². The predicted molar refractivity (Wildman–Crippen MR) is 75.5 cm³/mol. The quantitative estimate of drug-likeness (QED) is 0.832. The first-order valence-electron chi connectivity index (χ1n) is 4.89. The lowest BCUT2D eigenvalue weighted by Crippen LogP contribution is -1.97. The topological polar surface area (TPSA) is 12.0 Å². The summed E-state index contributed by atoms with van der Waals surface area (Å²) in [6.07, 6.45) is 0. The van der Waals surface area contributed by atoms with Gasteiger partial charge in [-0.2, -0.15) is 0 Å². The molecule has 1 N–H and O–H groups in total. The maximum atomic E-state index is 5.87. The average Bonchev–Trinajstić information content (AvgIpc) is 2.66. The van der Waals surface area contributed by atoms with E-state index in [-0.39, 0.29) is 0 Å². The number of nitrogens with one attached hydrogen (secondary N) is 1. The van der Waals surface area contributed by atoms with Crippen LogP contribution >= 0.6 is 38.9 Å². The van der Waals surface area contributed by atoms with Crippen LogP contribution in [0.25, 0.3) is 0 Å². The van der Waals surface area contributed by atoms with Gasteiger partial charge in [0.25, 0.3) is 0 Å². The first-order chi connectivity index (χ1) is 7.65. The Hall–Kier alpha value is -0.510. The summed E-state index contributed by atoms with van der Waals surface area (Å²) in [5.74, 6) is 0. The summed E-state index contributed by atoms with van der Waals surface area (Å²) < 4.78 is 1.97. The van der Waals surface area contributed by atoms with E-state index in [1.165, 1.54) is 10.4 Å². The third kappa shape index (κ3) is 3.00. The number of thiophene rings is 1. The van der Waals surface area contributed by atoms with Gasteiger partial charge in [-0.1, -0.05) is 27.5 Å². The number of hydrogen-bond acceptors (Lipinski definition) is 2. The van der Waals surface area contributed by atoms with E-state index >= 15 is 0 Å². The van der Waals surface area contributed by atoms with Crippen LogP contribution in [0.5, 0.6) is 0 Å². The number of rotatable bonds is 3. The van der Waals surface area contributed by atoms with E-state index in [4.69, 9.17) is 11.6 Å². The molecule has 0 amide bonds. The van der Waals surface area contributed by atoms with Crippen molar-refractivity contribution in [2.24, 2.45) is 0 Å². The molecule has 0 bridgehead atoms. The molecule has 0 radical (unpaired) electrons. The number of anilines is 1. The third-order valence-corrected chi connectivity index (χ3v) is 4.37. The van der Waals surface area contributed by atoms with Crippen LogP contribution in [0, 0.1) is 6.92 Å². The van der Waals surface area contributed by atoms with E-state index in [0.29, 0.717) is 0 Å². The number of hydrogen-bond donors (Lipinski definition) is 1. The monoisotopic (exact) mass is 315 g/mol. The first kappa shape index (κ1) is 12.0. The van der Waals surface area contributed by atoms with Crippen molar-refractivity contribution in [3.8, 4) is 0 Å². The fourth-order valence-corrected chi connectivity index (χ4v) is 2.66. The van der Waals surface area contributed by atoms with Gasteiger partial charge in [-0.25, -0.2) is 0 Å². The molecule has 0 saturated carbocycles. The van der Waals surface area contributed by atoms with E-state index < -0.39 is 0 Å². The van der Waals surface area contributed by atoms with Crippen molar-refractivity contribution < 1.29 is 0 Å². The van der Waals surface area contributed by atoms with Gasteiger partial charge in [-0.3, -0.25) is 0 Å². The molecule has 0 aliphatic heterocycles. The molecule has 1 heterocycles. The minimum atomic E-state index is 0.818. The van der Waals surface area contributed by atoms with Gasteiger partial charge in [0.15, 0.2) is 0 Å². The summed E-state index contributed by atoms with van der Waals surface area (Å²) in [7, 11) is 0. The molecule has 16 heavy (non-hydrogen) atoms. The van der Waals surface area contributed by atoms with Crippen LogP contribution in [-0.2, 0) is 6.54 Å². The van der Waals surface area contributed by atoms with Gasteiger partial charge < -0.3 is 5.32 Å². The average molecular weight is 317 g/mol. The minimum Gasteiger partial charge on any atom is -0.380 e. The lowest BCUT2D eigenvalue weighted by atomic mass is 10.2. The highest BCUT2D eigenvalue weighted by atomic mass is 79.9. The first-order valence-corrected chi connectivity index (χ1v) is 6.88. The summed E-state index contributed by atoms with van der Waals surface area (Å²) in [5.41, 5.74) is 2.36. The normalized spacial score (nSPS) is 10.4. The van der Waals surface area contributed by atoms with Crippen molar-refractivity contribution in [2.75, 3.05) is 5.32 Å². The molecule has 1 aromatic heterocycles. The molecule has 0 atom stereocenters. The van der Waals surface area contributed by atoms with Gasteiger partial charge in [0.1, 0.15) is 0 Å². The molecule has 84 valence electrons. The Kier molecular flexibility index (Phi) is 3.90. The van der Waals surface area contributed by atoms with Gasteiger partial charge in [0.2, 0.25) is 0 Å². The summed E-state index contributed by atoms with van der Waals surface area (Å²) in [5, 5.41) is 3.37. The zero-order valence-electron chi connectivity index (χ0n) is 8.76. The highest BCUT2D eigenvalue weighted by molar-refractivity contribution is 9.10. The predicted octanol–water partition coefficient (Wildman–Crippen LogP) is 5.08. The SMILES string of the molecule is Cc1cc(NCc2ccc(Cl)s2)ccc1Br.